The van der Waals surface area contributed by atoms with Crippen molar-refractivity contribution in [2.45, 2.75) is 25.8 Å². The second kappa shape index (κ2) is 2.35. The summed E-state index contributed by atoms with van der Waals surface area (Å²) < 4.78 is 0. The van der Waals surface area contributed by atoms with Crippen molar-refractivity contribution in [3.63, 3.8) is 0 Å². The molecule has 0 aliphatic heterocycles. The maximum Gasteiger partial charge on any atom is 0.0120 e. The molecule has 0 amide bonds. The van der Waals surface area contributed by atoms with Crippen LogP contribution in [0.15, 0.2) is 18.2 Å². The fraction of sp³-hybridized carbons (Fsp3) is 0.400. The van der Waals surface area contributed by atoms with Crippen LogP contribution in [0.5, 0.6) is 0 Å². The van der Waals surface area contributed by atoms with Crippen LogP contribution in [0.2, 0.25) is 0 Å². The van der Waals surface area contributed by atoms with Gasteiger partial charge in [-0.05, 0) is 30.9 Å². The van der Waals surface area contributed by atoms with Gasteiger partial charge in [0.1, 0.15) is 0 Å². The van der Waals surface area contributed by atoms with E-state index in [1.165, 1.54) is 16.7 Å². The summed E-state index contributed by atoms with van der Waals surface area (Å²) in [6.45, 7) is 2.13. The van der Waals surface area contributed by atoms with Gasteiger partial charge in [-0.15, -0.1) is 0 Å². The average molecular weight is 147 g/mol. The van der Waals surface area contributed by atoms with E-state index in [0.29, 0.717) is 6.04 Å². The Kier molecular flexibility index (Phi) is 1.46. The third kappa shape index (κ3) is 1.16. The van der Waals surface area contributed by atoms with Gasteiger partial charge in [-0.1, -0.05) is 23.8 Å². The first-order valence-electron chi connectivity index (χ1n) is 4.09. The summed E-state index contributed by atoms with van der Waals surface area (Å²) in [5.41, 5.74) is 10.1. The van der Waals surface area contributed by atoms with Crippen LogP contribution in [0.3, 0.4) is 0 Å². The topological polar surface area (TPSA) is 26.0 Å². The minimum Gasteiger partial charge on any atom is -0.327 e. The molecule has 0 bridgehead atoms. The van der Waals surface area contributed by atoms with Gasteiger partial charge in [0.15, 0.2) is 0 Å². The maximum atomic E-state index is 5.84. The van der Waals surface area contributed by atoms with E-state index >= 15 is 0 Å². The summed E-state index contributed by atoms with van der Waals surface area (Å²) in [5, 5.41) is 0. The van der Waals surface area contributed by atoms with Crippen LogP contribution in [0, 0.1) is 6.92 Å². The number of aryl methyl sites for hydroxylation is 1. The molecule has 0 spiro atoms. The molecule has 0 fully saturated rings. The zero-order chi connectivity index (χ0) is 7.84. The number of hydrogen-bond acceptors (Lipinski definition) is 1. The number of rotatable bonds is 0. The van der Waals surface area contributed by atoms with Gasteiger partial charge in [-0.3, -0.25) is 0 Å². The summed E-state index contributed by atoms with van der Waals surface area (Å²) in [7, 11) is 0. The van der Waals surface area contributed by atoms with Gasteiger partial charge in [0.2, 0.25) is 0 Å². The van der Waals surface area contributed by atoms with Crippen molar-refractivity contribution < 1.29 is 0 Å². The molecule has 11 heavy (non-hydrogen) atoms. The van der Waals surface area contributed by atoms with Gasteiger partial charge in [-0.2, -0.15) is 0 Å². The van der Waals surface area contributed by atoms with E-state index in [2.05, 4.69) is 25.1 Å². The van der Waals surface area contributed by atoms with Crippen molar-refractivity contribution in [1.82, 2.24) is 0 Å². The van der Waals surface area contributed by atoms with Gasteiger partial charge < -0.3 is 5.73 Å². The second-order valence-electron chi connectivity index (χ2n) is 3.44. The molecule has 1 aromatic carbocycles. The Morgan fingerprint density at radius 2 is 2.00 bits per heavy atom. The lowest BCUT2D eigenvalue weighted by molar-refractivity contribution is 0.721. The molecule has 1 atom stereocenters. The van der Waals surface area contributed by atoms with Crippen molar-refractivity contribution in [3.8, 4) is 0 Å². The summed E-state index contributed by atoms with van der Waals surface area (Å²) in [6.07, 6.45) is 2.13. The first-order valence-corrected chi connectivity index (χ1v) is 4.09. The highest BCUT2D eigenvalue weighted by Gasteiger charge is 2.16. The van der Waals surface area contributed by atoms with E-state index in [0.717, 1.165) is 12.8 Å². The molecule has 2 rings (SSSR count). The summed E-state index contributed by atoms with van der Waals surface area (Å²) in [6, 6.07) is 6.99. The minimum absolute atomic E-state index is 0.367. The monoisotopic (exact) mass is 147 g/mol. The predicted octanol–water partition coefficient (Wildman–Crippen LogP) is 1.42. The van der Waals surface area contributed by atoms with E-state index in [1.54, 1.807) is 0 Å². The van der Waals surface area contributed by atoms with Gasteiger partial charge >= 0.3 is 0 Å². The number of hydrogen-bond donors (Lipinski definition) is 1. The van der Waals surface area contributed by atoms with Crippen molar-refractivity contribution >= 4 is 0 Å². The molecular weight excluding hydrogens is 134 g/mol. The third-order valence-electron chi connectivity index (χ3n) is 2.33. The Balaban J connectivity index is 2.43. The molecule has 1 aromatic rings. The molecule has 1 aliphatic rings. The molecule has 1 heteroatoms. The van der Waals surface area contributed by atoms with Crippen molar-refractivity contribution in [2.75, 3.05) is 0 Å². The van der Waals surface area contributed by atoms with Crippen molar-refractivity contribution in [2.24, 2.45) is 5.73 Å². The molecule has 0 saturated heterocycles. The van der Waals surface area contributed by atoms with Gasteiger partial charge in [0.25, 0.3) is 0 Å². The standard InChI is InChI=1S/C10H13N/c1-7-2-3-8-5-10(11)6-9(8)4-7/h2-4,10H,5-6,11H2,1H3. The second-order valence-corrected chi connectivity index (χ2v) is 3.44. The van der Waals surface area contributed by atoms with Gasteiger partial charge in [0.05, 0.1) is 0 Å². The molecule has 1 aliphatic carbocycles. The van der Waals surface area contributed by atoms with Crippen LogP contribution in [0.4, 0.5) is 0 Å². The van der Waals surface area contributed by atoms with Crippen LogP contribution in [-0.2, 0) is 12.8 Å². The molecule has 1 unspecified atom stereocenters. The molecule has 0 heterocycles. The highest BCUT2D eigenvalue weighted by Crippen LogP contribution is 2.21. The van der Waals surface area contributed by atoms with E-state index < -0.39 is 0 Å². The predicted molar refractivity (Wildman–Crippen MR) is 46.6 cm³/mol. The first kappa shape index (κ1) is 6.86. The summed E-state index contributed by atoms with van der Waals surface area (Å²) in [5.74, 6) is 0. The zero-order valence-electron chi connectivity index (χ0n) is 6.80. The van der Waals surface area contributed by atoms with Crippen molar-refractivity contribution in [3.05, 3.63) is 34.9 Å². The van der Waals surface area contributed by atoms with Gasteiger partial charge in [-0.25, -0.2) is 0 Å². The summed E-state index contributed by atoms with van der Waals surface area (Å²) >= 11 is 0. The highest BCUT2D eigenvalue weighted by atomic mass is 14.6. The van der Waals surface area contributed by atoms with Crippen molar-refractivity contribution in [1.29, 1.82) is 0 Å². The smallest absolute Gasteiger partial charge is 0.0120 e. The average Bonchev–Trinajstić information content (AvgIpc) is 2.27. The first-order chi connectivity index (χ1) is 5.25. The largest absolute Gasteiger partial charge is 0.327 e. The highest BCUT2D eigenvalue weighted by molar-refractivity contribution is 5.36. The van der Waals surface area contributed by atoms with Crippen LogP contribution in [0.1, 0.15) is 16.7 Å². The van der Waals surface area contributed by atoms with E-state index in [-0.39, 0.29) is 0 Å². The molecule has 0 radical (unpaired) electrons. The van der Waals surface area contributed by atoms with E-state index in [1.807, 2.05) is 0 Å². The molecule has 58 valence electrons. The van der Waals surface area contributed by atoms with E-state index in [4.69, 9.17) is 5.73 Å². The SMILES string of the molecule is Cc1ccc2c(c1)CC(N)C2. The Morgan fingerprint density at radius 1 is 1.27 bits per heavy atom. The Hall–Kier alpha value is -0.820. The number of benzene rings is 1. The Morgan fingerprint density at radius 3 is 2.82 bits per heavy atom. The lowest BCUT2D eigenvalue weighted by Gasteiger charge is -1.97. The van der Waals surface area contributed by atoms with E-state index in [9.17, 15) is 0 Å². The molecule has 2 N–H and O–H groups in total. The quantitative estimate of drug-likeness (QED) is 0.590. The number of fused-ring (bicyclic) bond motifs is 1. The third-order valence-corrected chi connectivity index (χ3v) is 2.33. The Bertz CT molecular complexity index is 278. The molecule has 1 nitrogen and oxygen atoms in total. The molecular formula is C10H13N. The fourth-order valence-electron chi connectivity index (χ4n) is 1.78. The lowest BCUT2D eigenvalue weighted by Crippen LogP contribution is -2.18. The zero-order valence-corrected chi connectivity index (χ0v) is 6.80. The molecule has 0 aromatic heterocycles. The van der Waals surface area contributed by atoms with Crippen LogP contribution in [0.25, 0.3) is 0 Å². The maximum absolute atomic E-state index is 5.84. The Labute approximate surface area is 67.2 Å². The fourth-order valence-corrected chi connectivity index (χ4v) is 1.78. The minimum atomic E-state index is 0.367. The van der Waals surface area contributed by atoms with Crippen LogP contribution in [-0.4, -0.2) is 6.04 Å². The van der Waals surface area contributed by atoms with Gasteiger partial charge in [0, 0.05) is 6.04 Å². The molecule has 0 saturated carbocycles. The normalized spacial score (nSPS) is 21.8. The van der Waals surface area contributed by atoms with Crippen LogP contribution >= 0.6 is 0 Å². The number of nitrogens with two attached hydrogens (primary N) is 1. The van der Waals surface area contributed by atoms with Crippen LogP contribution < -0.4 is 5.73 Å². The summed E-state index contributed by atoms with van der Waals surface area (Å²) in [4.78, 5) is 0. The lowest BCUT2D eigenvalue weighted by atomic mass is 10.1.